The van der Waals surface area contributed by atoms with E-state index in [1.807, 2.05) is 31.2 Å². The Morgan fingerprint density at radius 1 is 0.919 bits per heavy atom. The van der Waals surface area contributed by atoms with E-state index in [1.165, 1.54) is 12.1 Å². The molecule has 2 aliphatic rings. The fourth-order valence-corrected chi connectivity index (χ4v) is 14.0. The van der Waals surface area contributed by atoms with Gasteiger partial charge in [0.2, 0.25) is 18.3 Å². The minimum Gasteiger partial charge on any atom is -0.412 e. The van der Waals surface area contributed by atoms with Gasteiger partial charge in [0.25, 0.3) is 0 Å². The quantitative estimate of drug-likeness (QED) is 0.257. The summed E-state index contributed by atoms with van der Waals surface area (Å²) in [5.41, 5.74) is 4.52. The number of rotatable bonds is 8. The van der Waals surface area contributed by atoms with Gasteiger partial charge in [0, 0.05) is 24.9 Å². The van der Waals surface area contributed by atoms with Crippen LogP contribution < -0.4 is 0 Å². The minimum atomic E-state index is -3.62. The number of hydrogen-bond donors (Lipinski definition) is 0. The SMILES string of the molecule is Cc1ccc(S(=O)(=O)N2CC3=CC[C@H](O[Si](C(C)C)(C(C)C)C(C)C)[C@H](c4ccc(F)cc4)[C@H]3C2)cc1. The van der Waals surface area contributed by atoms with Gasteiger partial charge in [0.05, 0.1) is 11.0 Å². The molecule has 4 rings (SSSR count). The number of fused-ring (bicyclic) bond motifs is 1. The van der Waals surface area contributed by atoms with E-state index in [0.717, 1.165) is 23.1 Å². The smallest absolute Gasteiger partial charge is 0.243 e. The van der Waals surface area contributed by atoms with E-state index < -0.39 is 18.3 Å². The van der Waals surface area contributed by atoms with Gasteiger partial charge in [-0.3, -0.25) is 0 Å². The average molecular weight is 544 g/mol. The molecule has 37 heavy (non-hydrogen) atoms. The van der Waals surface area contributed by atoms with Crippen molar-refractivity contribution in [1.82, 2.24) is 4.31 Å². The molecule has 1 fully saturated rings. The van der Waals surface area contributed by atoms with Crippen molar-refractivity contribution in [2.24, 2.45) is 5.92 Å². The van der Waals surface area contributed by atoms with Crippen LogP contribution in [0.1, 0.15) is 65.0 Å². The number of nitrogens with zero attached hydrogens (tertiary/aromatic N) is 1. The lowest BCUT2D eigenvalue weighted by Crippen LogP contribution is -2.52. The largest absolute Gasteiger partial charge is 0.412 e. The summed E-state index contributed by atoms with van der Waals surface area (Å²) in [6, 6.07) is 13.8. The van der Waals surface area contributed by atoms with Crippen LogP contribution in [0.2, 0.25) is 16.6 Å². The Morgan fingerprint density at radius 2 is 1.49 bits per heavy atom. The maximum absolute atomic E-state index is 13.9. The van der Waals surface area contributed by atoms with Crippen molar-refractivity contribution >= 4 is 18.3 Å². The van der Waals surface area contributed by atoms with Crippen molar-refractivity contribution in [2.75, 3.05) is 13.1 Å². The molecule has 0 spiro atoms. The zero-order valence-electron chi connectivity index (χ0n) is 23.2. The summed E-state index contributed by atoms with van der Waals surface area (Å²) < 4.78 is 50.0. The van der Waals surface area contributed by atoms with E-state index in [2.05, 4.69) is 47.6 Å². The average Bonchev–Trinajstić information content (AvgIpc) is 3.28. The summed E-state index contributed by atoms with van der Waals surface area (Å²) >= 11 is 0. The monoisotopic (exact) mass is 543 g/mol. The molecule has 1 aliphatic heterocycles. The second-order valence-corrected chi connectivity index (χ2v) is 19.1. The van der Waals surface area contributed by atoms with Crippen LogP contribution in [0.3, 0.4) is 0 Å². The Hall–Kier alpha value is -1.80. The van der Waals surface area contributed by atoms with Crippen LogP contribution in [0.25, 0.3) is 0 Å². The number of benzene rings is 2. The fraction of sp³-hybridized carbons (Fsp3) is 0.533. The van der Waals surface area contributed by atoms with Crippen LogP contribution >= 0.6 is 0 Å². The van der Waals surface area contributed by atoms with E-state index in [4.69, 9.17) is 4.43 Å². The van der Waals surface area contributed by atoms with Gasteiger partial charge in [-0.25, -0.2) is 12.8 Å². The molecule has 2 aromatic carbocycles. The first-order chi connectivity index (χ1) is 17.4. The number of sulfonamides is 1. The van der Waals surface area contributed by atoms with Gasteiger partial charge in [-0.2, -0.15) is 4.31 Å². The van der Waals surface area contributed by atoms with Gasteiger partial charge in [0.1, 0.15) is 5.82 Å². The summed E-state index contributed by atoms with van der Waals surface area (Å²) in [6.45, 7) is 16.5. The Balaban J connectivity index is 1.72. The molecule has 7 heteroatoms. The highest BCUT2D eigenvalue weighted by Crippen LogP contribution is 2.50. The van der Waals surface area contributed by atoms with Crippen molar-refractivity contribution in [2.45, 2.75) is 88.4 Å². The van der Waals surface area contributed by atoms with E-state index in [0.29, 0.717) is 34.6 Å². The second-order valence-electron chi connectivity index (χ2n) is 11.8. The van der Waals surface area contributed by atoms with E-state index in [1.54, 1.807) is 16.4 Å². The molecule has 2 aromatic rings. The van der Waals surface area contributed by atoms with Crippen LogP contribution in [-0.2, 0) is 14.4 Å². The predicted octanol–water partition coefficient (Wildman–Crippen LogP) is 7.43. The Bertz CT molecular complexity index is 1200. The van der Waals surface area contributed by atoms with Crippen LogP contribution in [-0.4, -0.2) is 40.2 Å². The van der Waals surface area contributed by atoms with Crippen molar-refractivity contribution in [3.63, 3.8) is 0 Å². The summed E-state index contributed by atoms with van der Waals surface area (Å²) in [7, 11) is -5.81. The zero-order chi connectivity index (χ0) is 27.1. The maximum Gasteiger partial charge on any atom is 0.243 e. The first kappa shape index (κ1) is 28.2. The molecule has 0 N–H and O–H groups in total. The molecule has 1 saturated heterocycles. The molecule has 0 amide bonds. The van der Waals surface area contributed by atoms with E-state index in [-0.39, 0.29) is 23.8 Å². The van der Waals surface area contributed by atoms with Crippen molar-refractivity contribution in [3.05, 3.63) is 77.1 Å². The summed E-state index contributed by atoms with van der Waals surface area (Å²) in [5, 5.41) is 0. The van der Waals surface area contributed by atoms with Gasteiger partial charge in [-0.15, -0.1) is 0 Å². The van der Waals surface area contributed by atoms with Crippen molar-refractivity contribution < 1.29 is 17.2 Å². The minimum absolute atomic E-state index is 0.00243. The molecule has 0 unspecified atom stereocenters. The number of hydrogen-bond acceptors (Lipinski definition) is 3. The van der Waals surface area contributed by atoms with Crippen LogP contribution in [0.15, 0.2) is 65.1 Å². The van der Waals surface area contributed by atoms with Crippen LogP contribution in [0.5, 0.6) is 0 Å². The molecular formula is C30H42FNO3SSi. The van der Waals surface area contributed by atoms with Gasteiger partial charge in [-0.1, -0.05) is 83.0 Å². The zero-order valence-corrected chi connectivity index (χ0v) is 25.1. The summed E-state index contributed by atoms with van der Waals surface area (Å²) in [4.78, 5) is 0.328. The van der Waals surface area contributed by atoms with Gasteiger partial charge in [0.15, 0.2) is 0 Å². The van der Waals surface area contributed by atoms with Crippen LogP contribution in [0, 0.1) is 18.7 Å². The molecule has 1 heterocycles. The van der Waals surface area contributed by atoms with Crippen LogP contribution in [0.4, 0.5) is 4.39 Å². The number of aryl methyl sites for hydroxylation is 1. The molecule has 1 aliphatic carbocycles. The lowest BCUT2D eigenvalue weighted by atomic mass is 9.74. The predicted molar refractivity (Wildman–Crippen MR) is 151 cm³/mol. The molecule has 0 saturated carbocycles. The van der Waals surface area contributed by atoms with Gasteiger partial charge in [-0.05, 0) is 59.8 Å². The first-order valence-corrected chi connectivity index (χ1v) is 17.1. The fourth-order valence-electron chi connectivity index (χ4n) is 6.92. The lowest BCUT2D eigenvalue weighted by Gasteiger charge is -2.48. The third-order valence-electron chi connectivity index (χ3n) is 8.66. The highest BCUT2D eigenvalue weighted by atomic mass is 32.2. The molecule has 3 atom stereocenters. The molecule has 4 nitrogen and oxygen atoms in total. The Kier molecular flexibility index (Phi) is 8.20. The molecule has 202 valence electrons. The highest BCUT2D eigenvalue weighted by molar-refractivity contribution is 7.89. The molecular weight excluding hydrogens is 501 g/mol. The normalized spacial score (nSPS) is 23.1. The Morgan fingerprint density at radius 3 is 2.03 bits per heavy atom. The topological polar surface area (TPSA) is 46.6 Å². The van der Waals surface area contributed by atoms with Crippen molar-refractivity contribution in [1.29, 1.82) is 0 Å². The highest BCUT2D eigenvalue weighted by Gasteiger charge is 2.51. The maximum atomic E-state index is 13.9. The summed E-state index contributed by atoms with van der Waals surface area (Å²) in [5.74, 6) is -0.289. The first-order valence-electron chi connectivity index (χ1n) is 13.6. The van der Waals surface area contributed by atoms with Gasteiger partial charge >= 0.3 is 0 Å². The van der Waals surface area contributed by atoms with E-state index in [9.17, 15) is 12.8 Å². The lowest BCUT2D eigenvalue weighted by molar-refractivity contribution is 0.121. The second kappa shape index (κ2) is 10.8. The third-order valence-corrected chi connectivity index (χ3v) is 16.6. The standard InChI is InChI=1S/C30H42FNO3SSi/c1-20(2)37(21(3)4,22(5)6)35-29-17-12-25-18-32(36(33,34)27-15-8-23(7)9-16-27)19-28(25)30(29)24-10-13-26(31)14-11-24/h8-16,20-22,28-30H,17-19H2,1-7H3/t28-,29-,30+/m0/s1. The van der Waals surface area contributed by atoms with E-state index >= 15 is 0 Å². The Labute approximate surface area is 224 Å². The number of halogens is 1. The van der Waals surface area contributed by atoms with Crippen molar-refractivity contribution in [3.8, 4) is 0 Å². The molecule has 0 bridgehead atoms. The summed E-state index contributed by atoms with van der Waals surface area (Å²) in [6.07, 6.45) is 2.90. The van der Waals surface area contributed by atoms with Gasteiger partial charge < -0.3 is 4.43 Å². The third kappa shape index (κ3) is 5.25. The molecule has 0 radical (unpaired) electrons. The molecule has 0 aromatic heterocycles.